The number of nitrogens with one attached hydrogen (secondary N) is 1. The van der Waals surface area contributed by atoms with Crippen molar-refractivity contribution in [2.24, 2.45) is 0 Å². The zero-order valence-corrected chi connectivity index (χ0v) is 12.2. The minimum absolute atomic E-state index is 0.0588. The highest BCUT2D eigenvalue weighted by Crippen LogP contribution is 2.40. The highest BCUT2D eigenvalue weighted by molar-refractivity contribution is 6.30. The molecule has 0 aliphatic carbocycles. The van der Waals surface area contributed by atoms with E-state index in [1.807, 2.05) is 18.9 Å². The van der Waals surface area contributed by atoms with Crippen molar-refractivity contribution in [1.29, 1.82) is 0 Å². The minimum atomic E-state index is -4.39. The molecule has 1 aromatic rings. The van der Waals surface area contributed by atoms with Crippen LogP contribution in [0.25, 0.3) is 0 Å². The molecule has 0 radical (unpaired) electrons. The van der Waals surface area contributed by atoms with Gasteiger partial charge in [0.25, 0.3) is 0 Å². The third-order valence-electron chi connectivity index (χ3n) is 3.86. The second-order valence-electron chi connectivity index (χ2n) is 5.21. The molecule has 0 bridgehead atoms. The van der Waals surface area contributed by atoms with Crippen molar-refractivity contribution in [3.8, 4) is 0 Å². The zero-order valence-electron chi connectivity index (χ0n) is 11.5. The highest BCUT2D eigenvalue weighted by Gasteiger charge is 2.37. The van der Waals surface area contributed by atoms with E-state index in [9.17, 15) is 13.2 Å². The Hall–Kier alpha value is -0.940. The van der Waals surface area contributed by atoms with Gasteiger partial charge in [-0.05, 0) is 45.0 Å². The standard InChI is InChI=1S/C14H18ClF3N2/c1-9-7-11(19-2)5-6-20(9)13-4-3-10(15)8-12(13)14(16,17)18/h3-4,8-9,11,19H,5-7H2,1-2H3. The number of hydrogen-bond acceptors (Lipinski definition) is 2. The minimum Gasteiger partial charge on any atom is -0.368 e. The van der Waals surface area contributed by atoms with Crippen molar-refractivity contribution in [3.05, 3.63) is 28.8 Å². The van der Waals surface area contributed by atoms with Gasteiger partial charge >= 0.3 is 6.18 Å². The van der Waals surface area contributed by atoms with Crippen molar-refractivity contribution in [2.45, 2.75) is 38.0 Å². The van der Waals surface area contributed by atoms with E-state index >= 15 is 0 Å². The van der Waals surface area contributed by atoms with E-state index in [2.05, 4.69) is 5.32 Å². The molecule has 112 valence electrons. The molecule has 0 aromatic heterocycles. The van der Waals surface area contributed by atoms with Gasteiger partial charge in [-0.25, -0.2) is 0 Å². The van der Waals surface area contributed by atoms with Crippen LogP contribution < -0.4 is 10.2 Å². The summed E-state index contributed by atoms with van der Waals surface area (Å²) in [5.41, 5.74) is -0.427. The highest BCUT2D eigenvalue weighted by atomic mass is 35.5. The number of rotatable bonds is 2. The second-order valence-corrected chi connectivity index (χ2v) is 5.65. The Kier molecular flexibility index (Phi) is 4.49. The summed E-state index contributed by atoms with van der Waals surface area (Å²) < 4.78 is 39.5. The van der Waals surface area contributed by atoms with Gasteiger partial charge < -0.3 is 10.2 Å². The Bertz CT molecular complexity index is 476. The van der Waals surface area contributed by atoms with Crippen LogP contribution in [0, 0.1) is 0 Å². The van der Waals surface area contributed by atoms with Gasteiger partial charge in [0.15, 0.2) is 0 Å². The monoisotopic (exact) mass is 306 g/mol. The predicted molar refractivity (Wildman–Crippen MR) is 75.3 cm³/mol. The number of halogens is 4. The van der Waals surface area contributed by atoms with Gasteiger partial charge in [0.05, 0.1) is 5.56 Å². The van der Waals surface area contributed by atoms with Crippen LogP contribution in [0.5, 0.6) is 0 Å². The molecule has 2 rings (SSSR count). The summed E-state index contributed by atoms with van der Waals surface area (Å²) in [7, 11) is 1.89. The normalized spacial score (nSPS) is 24.0. The summed E-state index contributed by atoms with van der Waals surface area (Å²) in [6, 6.07) is 4.42. The first kappa shape index (κ1) is 15.4. The summed E-state index contributed by atoms with van der Waals surface area (Å²) in [5, 5.41) is 3.30. The van der Waals surface area contributed by atoms with Gasteiger partial charge in [0.2, 0.25) is 0 Å². The Labute approximate surface area is 121 Å². The van der Waals surface area contributed by atoms with Gasteiger partial charge in [-0.2, -0.15) is 13.2 Å². The quantitative estimate of drug-likeness (QED) is 0.890. The summed E-state index contributed by atoms with van der Waals surface area (Å²) in [6.07, 6.45) is -2.73. The molecule has 1 aliphatic heterocycles. The smallest absolute Gasteiger partial charge is 0.368 e. The number of nitrogens with zero attached hydrogens (tertiary/aromatic N) is 1. The lowest BCUT2D eigenvalue weighted by molar-refractivity contribution is -0.137. The largest absolute Gasteiger partial charge is 0.418 e. The van der Waals surface area contributed by atoms with Crippen molar-refractivity contribution in [2.75, 3.05) is 18.5 Å². The van der Waals surface area contributed by atoms with Crippen molar-refractivity contribution >= 4 is 17.3 Å². The lowest BCUT2D eigenvalue weighted by Crippen LogP contribution is -2.47. The van der Waals surface area contributed by atoms with Crippen molar-refractivity contribution < 1.29 is 13.2 Å². The van der Waals surface area contributed by atoms with E-state index in [0.29, 0.717) is 12.6 Å². The molecule has 1 N–H and O–H groups in total. The molecule has 1 heterocycles. The number of benzene rings is 1. The van der Waals surface area contributed by atoms with Crippen LogP contribution in [0.4, 0.5) is 18.9 Å². The maximum atomic E-state index is 13.2. The molecule has 0 saturated carbocycles. The Balaban J connectivity index is 2.33. The molecule has 2 nitrogen and oxygen atoms in total. The number of hydrogen-bond donors (Lipinski definition) is 1. The van der Waals surface area contributed by atoms with E-state index in [1.165, 1.54) is 12.1 Å². The number of alkyl halides is 3. The van der Waals surface area contributed by atoms with Crippen LogP contribution in [0.3, 0.4) is 0 Å². The first-order valence-corrected chi connectivity index (χ1v) is 7.01. The summed E-state index contributed by atoms with van der Waals surface area (Å²) in [4.78, 5) is 1.83. The van der Waals surface area contributed by atoms with Gasteiger partial charge in [-0.3, -0.25) is 0 Å². The van der Waals surface area contributed by atoms with Gasteiger partial charge in [0, 0.05) is 29.3 Å². The summed E-state index contributed by atoms with van der Waals surface area (Å²) in [5.74, 6) is 0. The Morgan fingerprint density at radius 2 is 2.05 bits per heavy atom. The maximum Gasteiger partial charge on any atom is 0.418 e. The van der Waals surface area contributed by atoms with E-state index in [4.69, 9.17) is 11.6 Å². The van der Waals surface area contributed by atoms with Gasteiger partial charge in [0.1, 0.15) is 0 Å². The fourth-order valence-electron chi connectivity index (χ4n) is 2.78. The van der Waals surface area contributed by atoms with Crippen LogP contribution in [-0.2, 0) is 6.18 Å². The van der Waals surface area contributed by atoms with E-state index < -0.39 is 11.7 Å². The molecule has 1 aromatic carbocycles. The molecule has 0 spiro atoms. The average Bonchev–Trinajstić information content (AvgIpc) is 2.38. The third-order valence-corrected chi connectivity index (χ3v) is 4.09. The molecule has 1 saturated heterocycles. The molecular weight excluding hydrogens is 289 g/mol. The van der Waals surface area contributed by atoms with Crippen molar-refractivity contribution in [1.82, 2.24) is 5.32 Å². The first-order valence-electron chi connectivity index (χ1n) is 6.63. The Morgan fingerprint density at radius 3 is 2.60 bits per heavy atom. The average molecular weight is 307 g/mol. The number of anilines is 1. The SMILES string of the molecule is CNC1CCN(c2ccc(Cl)cc2C(F)(F)F)C(C)C1. The molecule has 20 heavy (non-hydrogen) atoms. The van der Waals surface area contributed by atoms with Crippen LogP contribution in [0.15, 0.2) is 18.2 Å². The molecule has 2 unspecified atom stereocenters. The third kappa shape index (κ3) is 3.20. The molecular formula is C14H18ClF3N2. The first-order chi connectivity index (χ1) is 9.32. The van der Waals surface area contributed by atoms with E-state index in [1.54, 1.807) is 0 Å². The van der Waals surface area contributed by atoms with Crippen LogP contribution in [0.2, 0.25) is 5.02 Å². The molecule has 1 fully saturated rings. The van der Waals surface area contributed by atoms with Gasteiger partial charge in [-0.15, -0.1) is 0 Å². The van der Waals surface area contributed by atoms with Crippen LogP contribution in [0.1, 0.15) is 25.3 Å². The topological polar surface area (TPSA) is 15.3 Å². The fourth-order valence-corrected chi connectivity index (χ4v) is 2.95. The van der Waals surface area contributed by atoms with Crippen molar-refractivity contribution in [3.63, 3.8) is 0 Å². The van der Waals surface area contributed by atoms with Gasteiger partial charge in [-0.1, -0.05) is 11.6 Å². The predicted octanol–water partition coefficient (Wildman–Crippen LogP) is 3.94. The zero-order chi connectivity index (χ0) is 14.9. The molecule has 2 atom stereocenters. The summed E-state index contributed by atoms with van der Waals surface area (Å²) in [6.45, 7) is 2.57. The molecule has 6 heteroatoms. The van der Waals surface area contributed by atoms with E-state index in [-0.39, 0.29) is 16.8 Å². The van der Waals surface area contributed by atoms with Crippen LogP contribution >= 0.6 is 11.6 Å². The summed E-state index contributed by atoms with van der Waals surface area (Å²) >= 11 is 5.72. The fraction of sp³-hybridized carbons (Fsp3) is 0.571. The van der Waals surface area contributed by atoms with E-state index in [0.717, 1.165) is 18.9 Å². The lowest BCUT2D eigenvalue weighted by Gasteiger charge is -2.40. The maximum absolute atomic E-state index is 13.2. The number of piperidine rings is 1. The molecule has 0 amide bonds. The second kappa shape index (κ2) is 5.82. The Morgan fingerprint density at radius 1 is 1.35 bits per heavy atom. The molecule has 1 aliphatic rings. The lowest BCUT2D eigenvalue weighted by atomic mass is 9.96. The van der Waals surface area contributed by atoms with Crippen LogP contribution in [-0.4, -0.2) is 25.7 Å².